The average Bonchev–Trinajstić information content (AvgIpc) is 1.66. The Hall–Kier alpha value is -8.95. The zero-order valence-electron chi connectivity index (χ0n) is 49.1. The fourth-order valence-corrected chi connectivity index (χ4v) is 17.0. The summed E-state index contributed by atoms with van der Waals surface area (Å²) >= 11 is 6.77. The van der Waals surface area contributed by atoms with Gasteiger partial charge >= 0.3 is 11.9 Å². The summed E-state index contributed by atoms with van der Waals surface area (Å²) in [4.78, 5) is 145. The number of nitrogens with zero attached hydrogens (tertiary/aromatic N) is 8. The first-order valence-electron chi connectivity index (χ1n) is 29.1. The minimum Gasteiger partial charge on any atom is -0.508 e. The zero-order chi connectivity index (χ0) is 65.5. The highest BCUT2D eigenvalue weighted by molar-refractivity contribution is 7.15. The van der Waals surface area contributed by atoms with E-state index in [0.29, 0.717) is 58.7 Å². The van der Waals surface area contributed by atoms with Gasteiger partial charge in [-0.1, -0.05) is 49.4 Å². The molecule has 10 atom stereocenters. The SMILES string of the molecule is Cc1sc2nc1C(=O)C[C@@H]([C@H](O)c1ccccc1)c1nc(cs1)C(=O)N[C@@H](Cc1ccc(O)cc1)C(=O)N1C[C@H](O)[C@H](C)[C@H]1c1nc(cs1)-c1nc(cs1)-c1nc(-c3nc(C(=O)NC4C[C@@H](C(=O)O)C[C@@H](C(=O)O)C4)cs3)ccc1-c1nc(cs1)C(=O)N[C@H]2CC(N)=O. The minimum atomic E-state index is -1.32. The number of aromatic hydroxyl groups is 1. The van der Waals surface area contributed by atoms with Gasteiger partial charge in [-0.25, -0.2) is 34.9 Å². The molecule has 10 bridgehead atoms. The number of amides is 5. The number of primary amides is 1. The Kier molecular flexibility index (Phi) is 18.6. The molecular formula is C62H56N12O13S6. The zero-order valence-corrected chi connectivity index (χ0v) is 54.0. The number of carboxylic acid groups (broad SMARTS) is 2. The highest BCUT2D eigenvalue weighted by Gasteiger charge is 2.46. The van der Waals surface area contributed by atoms with Crippen LogP contribution in [0, 0.1) is 24.7 Å². The molecule has 7 aromatic heterocycles. The lowest BCUT2D eigenvalue weighted by atomic mass is 9.78. The monoisotopic (exact) mass is 1370 g/mol. The summed E-state index contributed by atoms with van der Waals surface area (Å²) in [6.07, 6.45) is -3.12. The summed E-state index contributed by atoms with van der Waals surface area (Å²) in [7, 11) is 0. The maximum atomic E-state index is 15.2. The molecule has 31 heteroatoms. The fraction of sp³-hybridized carbons (Fsp3) is 0.306. The van der Waals surface area contributed by atoms with Gasteiger partial charge in [0.15, 0.2) is 5.78 Å². The predicted octanol–water partition coefficient (Wildman–Crippen LogP) is 7.86. The summed E-state index contributed by atoms with van der Waals surface area (Å²) in [5.74, 6) is -9.77. The van der Waals surface area contributed by atoms with Gasteiger partial charge in [0.2, 0.25) is 11.8 Å². The van der Waals surface area contributed by atoms with Gasteiger partial charge in [0.25, 0.3) is 17.7 Å². The van der Waals surface area contributed by atoms with E-state index in [1.807, 2.05) is 0 Å². The lowest BCUT2D eigenvalue weighted by Crippen LogP contribution is -2.50. The molecule has 2 aromatic carbocycles. The molecule has 2 aliphatic heterocycles. The molecule has 9 aromatic rings. The minimum absolute atomic E-state index is 0.000718. The number of fused-ring (bicyclic) bond motifs is 16. The molecule has 3 aliphatic rings. The number of ketones is 1. The van der Waals surface area contributed by atoms with Crippen molar-refractivity contribution in [1.29, 1.82) is 0 Å². The van der Waals surface area contributed by atoms with Crippen LogP contribution in [0.15, 0.2) is 93.6 Å². The van der Waals surface area contributed by atoms with Crippen LogP contribution in [0.25, 0.3) is 43.4 Å². The number of carbonyl (C=O) groups excluding carboxylic acids is 6. The number of rotatable bonds is 11. The largest absolute Gasteiger partial charge is 0.508 e. The summed E-state index contributed by atoms with van der Waals surface area (Å²) in [5, 5.41) is 71.7. The summed E-state index contributed by atoms with van der Waals surface area (Å²) in [6, 6.07) is 14.2. The molecule has 9 heterocycles. The van der Waals surface area contributed by atoms with Crippen molar-refractivity contribution in [1.82, 2.24) is 55.7 Å². The highest BCUT2D eigenvalue weighted by atomic mass is 32.1. The number of pyridine rings is 1. The topological polar surface area (TPSA) is 393 Å². The highest BCUT2D eigenvalue weighted by Crippen LogP contribution is 2.44. The number of nitrogens with two attached hydrogens (primary N) is 1. The summed E-state index contributed by atoms with van der Waals surface area (Å²) in [5.41, 5.74) is 8.40. The normalized spacial score (nSPS) is 22.3. The first-order valence-corrected chi connectivity index (χ1v) is 34.3. The third-order valence-corrected chi connectivity index (χ3v) is 22.1. The number of aliphatic hydroxyl groups is 2. The van der Waals surface area contributed by atoms with Crippen LogP contribution in [0.3, 0.4) is 0 Å². The van der Waals surface area contributed by atoms with E-state index in [4.69, 9.17) is 25.7 Å². The van der Waals surface area contributed by atoms with Gasteiger partial charge in [0.1, 0.15) is 76.7 Å². The number of nitrogens with one attached hydrogen (secondary N) is 3. The molecule has 10 N–H and O–H groups in total. The van der Waals surface area contributed by atoms with Crippen molar-refractivity contribution in [2.24, 2.45) is 23.5 Å². The maximum Gasteiger partial charge on any atom is 0.306 e. The molecule has 5 amide bonds. The first kappa shape index (κ1) is 64.2. The number of hydrogen-bond acceptors (Lipinski definition) is 24. The number of Topliss-reactive ketones (excluding diaryl/α,β-unsaturated/α-hetero) is 1. The first-order chi connectivity index (χ1) is 44.6. The fourth-order valence-electron chi connectivity index (χ4n) is 11.7. The molecule has 93 heavy (non-hydrogen) atoms. The van der Waals surface area contributed by atoms with Crippen molar-refractivity contribution in [2.75, 3.05) is 6.54 Å². The van der Waals surface area contributed by atoms with Crippen LogP contribution in [0.1, 0.15) is 136 Å². The smallest absolute Gasteiger partial charge is 0.306 e. The second kappa shape index (κ2) is 26.9. The third-order valence-electron chi connectivity index (χ3n) is 16.5. The van der Waals surface area contributed by atoms with E-state index in [-0.39, 0.29) is 82.9 Å². The van der Waals surface area contributed by atoms with Crippen LogP contribution in [-0.2, 0) is 25.6 Å². The van der Waals surface area contributed by atoms with Crippen LogP contribution in [0.5, 0.6) is 5.75 Å². The van der Waals surface area contributed by atoms with E-state index in [2.05, 4.69) is 30.9 Å². The Balaban J connectivity index is 0.930. The Bertz CT molecular complexity index is 4350. The summed E-state index contributed by atoms with van der Waals surface area (Å²) in [6.45, 7) is 3.34. The van der Waals surface area contributed by atoms with Gasteiger partial charge in [-0.05, 0) is 61.6 Å². The number of aromatic nitrogens is 7. The van der Waals surface area contributed by atoms with E-state index in [0.717, 1.165) is 45.3 Å². The molecule has 2 fully saturated rings. The average molecular weight is 1370 g/mol. The molecule has 1 aliphatic carbocycles. The molecule has 1 saturated heterocycles. The van der Waals surface area contributed by atoms with E-state index in [1.165, 1.54) is 55.8 Å². The number of aryl methyl sites for hydroxylation is 1. The molecule has 0 radical (unpaired) electrons. The van der Waals surface area contributed by atoms with Crippen LogP contribution >= 0.6 is 68.0 Å². The van der Waals surface area contributed by atoms with Crippen molar-refractivity contribution >= 4 is 115 Å². The Morgan fingerprint density at radius 3 is 2.02 bits per heavy atom. The number of carbonyl (C=O) groups is 8. The van der Waals surface area contributed by atoms with Crippen LogP contribution < -0.4 is 21.7 Å². The lowest BCUT2D eigenvalue weighted by Gasteiger charge is -2.31. The summed E-state index contributed by atoms with van der Waals surface area (Å²) < 4.78 is 0. The van der Waals surface area contributed by atoms with Gasteiger partial charge < -0.3 is 52.1 Å². The van der Waals surface area contributed by atoms with Crippen molar-refractivity contribution < 1.29 is 63.9 Å². The van der Waals surface area contributed by atoms with Crippen molar-refractivity contribution in [3.8, 4) is 49.1 Å². The van der Waals surface area contributed by atoms with E-state index in [9.17, 15) is 59.1 Å². The standard InChI is InChI=1S/C62H56N12O13S6/c1-26-45(77)20-74-49(26)59-72-43(25-92-59)57-68-39(21-90-57)48-34(12-13-36(65-48)56-71-40(24-91-56)51(80)64-32-16-30(61(84)85)15-31(17-32)62(86)87)54-69-41(22-88-54)52(81)66-37(19-46(63)78)58-73-47(27(2)93-58)44(76)18-35(50(79)29-6-4-3-5-7-29)55-70-42(23-89-55)53(82)67-38(60(74)83)14-28-8-10-33(75)11-9-28/h3-13,21-26,30-32,35,37-38,45,49-50,75,77,79H,14-20H2,1-2H3,(H2,63,78)(H,64,80)(H,66,81)(H,67,82)(H,84,85)(H,86,87)/t26-,30-,31+,32?,35-,37-,38-,45-,49-,50+/m0/s1. The van der Waals surface area contributed by atoms with E-state index in [1.54, 1.807) is 79.2 Å². The van der Waals surface area contributed by atoms with Crippen LogP contribution in [0.4, 0.5) is 0 Å². The number of carboxylic acids is 2. The van der Waals surface area contributed by atoms with Gasteiger partial charge in [-0.2, -0.15) is 0 Å². The molecular weight excluding hydrogens is 1310 g/mol. The number of phenolic OH excluding ortho intramolecular Hbond substituents is 1. The van der Waals surface area contributed by atoms with Crippen LogP contribution in [-0.4, -0.2) is 137 Å². The second-order valence-corrected chi connectivity index (χ2v) is 28.4. The molecule has 1 unspecified atom stereocenters. The quantitative estimate of drug-likeness (QED) is 0.0594. The van der Waals surface area contributed by atoms with Crippen molar-refractivity contribution in [2.45, 2.75) is 94.7 Å². The Morgan fingerprint density at radius 1 is 0.677 bits per heavy atom. The van der Waals surface area contributed by atoms with Gasteiger partial charge in [0.05, 0.1) is 53.2 Å². The van der Waals surface area contributed by atoms with E-state index >= 15 is 4.79 Å². The van der Waals surface area contributed by atoms with E-state index < -0.39 is 114 Å². The molecule has 1 saturated carbocycles. The molecule has 0 spiro atoms. The molecule has 478 valence electrons. The number of aliphatic carboxylic acids is 2. The van der Waals surface area contributed by atoms with Gasteiger partial charge in [-0.3, -0.25) is 38.4 Å². The number of phenols is 1. The molecule has 12 rings (SSSR count). The van der Waals surface area contributed by atoms with Crippen molar-refractivity contribution in [3.05, 3.63) is 147 Å². The second-order valence-electron chi connectivity index (χ2n) is 22.8. The number of thiazole rings is 6. The number of hydrogen-bond donors (Lipinski definition) is 9. The maximum absolute atomic E-state index is 15.2. The van der Waals surface area contributed by atoms with Gasteiger partial charge in [0, 0.05) is 74.6 Å². The third kappa shape index (κ3) is 13.8. The number of aliphatic hydroxyl groups excluding tert-OH is 2. The predicted molar refractivity (Wildman–Crippen MR) is 345 cm³/mol. The van der Waals surface area contributed by atoms with Gasteiger partial charge in [-0.15, -0.1) is 68.0 Å². The number of benzene rings is 2. The Morgan fingerprint density at radius 2 is 1.30 bits per heavy atom. The lowest BCUT2D eigenvalue weighted by molar-refractivity contribution is -0.148. The Labute approximate surface area is 552 Å². The molecule has 25 nitrogen and oxygen atoms in total. The van der Waals surface area contributed by atoms with Crippen LogP contribution in [0.2, 0.25) is 0 Å². The van der Waals surface area contributed by atoms with Crippen molar-refractivity contribution in [3.63, 3.8) is 0 Å².